The summed E-state index contributed by atoms with van der Waals surface area (Å²) in [7, 11) is 0. The van der Waals surface area contributed by atoms with Gasteiger partial charge in [-0.15, -0.1) is 0 Å². The summed E-state index contributed by atoms with van der Waals surface area (Å²) in [6.45, 7) is 2.14. The number of aliphatic carboxylic acids is 1. The highest BCUT2D eigenvalue weighted by atomic mass is 16.5. The van der Waals surface area contributed by atoms with Crippen molar-refractivity contribution < 1.29 is 24.2 Å². The number of alkyl carbamates (subject to hydrolysis) is 1. The molecule has 182 valence electrons. The van der Waals surface area contributed by atoms with Crippen LogP contribution in [0.2, 0.25) is 0 Å². The average Bonchev–Trinajstić information content (AvgIpc) is 3.36. The van der Waals surface area contributed by atoms with Crippen molar-refractivity contribution in [3.05, 3.63) is 71.3 Å². The van der Waals surface area contributed by atoms with Crippen LogP contribution in [0.15, 0.2) is 60.2 Å². The molecule has 0 aliphatic heterocycles. The van der Waals surface area contributed by atoms with Crippen molar-refractivity contribution in [3.8, 4) is 11.1 Å². The summed E-state index contributed by atoms with van der Waals surface area (Å²) >= 11 is 0. The summed E-state index contributed by atoms with van der Waals surface area (Å²) in [5, 5.41) is 14.9. The third-order valence-electron chi connectivity index (χ3n) is 7.85. The van der Waals surface area contributed by atoms with Gasteiger partial charge in [0, 0.05) is 24.1 Å². The molecule has 3 N–H and O–H groups in total. The predicted octanol–water partition coefficient (Wildman–Crippen LogP) is 4.09. The van der Waals surface area contributed by atoms with E-state index in [0.717, 1.165) is 17.5 Å². The highest BCUT2D eigenvalue weighted by molar-refractivity contribution is 5.93. The molecule has 5 rings (SSSR count). The zero-order valence-corrected chi connectivity index (χ0v) is 19.7. The monoisotopic (exact) mass is 474 g/mol. The summed E-state index contributed by atoms with van der Waals surface area (Å²) < 4.78 is 5.52. The maximum Gasteiger partial charge on any atom is 0.407 e. The molecular weight excluding hydrogens is 444 g/mol. The van der Waals surface area contributed by atoms with Crippen LogP contribution in [0.5, 0.6) is 0 Å². The summed E-state index contributed by atoms with van der Waals surface area (Å²) in [4.78, 5) is 36.0. The van der Waals surface area contributed by atoms with E-state index in [2.05, 4.69) is 34.9 Å². The Bertz CT molecular complexity index is 1140. The van der Waals surface area contributed by atoms with E-state index in [1.807, 2.05) is 24.3 Å². The van der Waals surface area contributed by atoms with Crippen molar-refractivity contribution >= 4 is 18.0 Å². The van der Waals surface area contributed by atoms with E-state index >= 15 is 0 Å². The van der Waals surface area contributed by atoms with Gasteiger partial charge in [-0.05, 0) is 60.3 Å². The molecule has 2 aromatic carbocycles. The third-order valence-corrected chi connectivity index (χ3v) is 7.85. The van der Waals surface area contributed by atoms with Crippen LogP contribution in [0.3, 0.4) is 0 Å². The van der Waals surface area contributed by atoms with Crippen LogP contribution >= 0.6 is 0 Å². The van der Waals surface area contributed by atoms with Crippen molar-refractivity contribution in [2.24, 2.45) is 17.8 Å². The van der Waals surface area contributed by atoms with E-state index in [9.17, 15) is 19.5 Å². The third kappa shape index (κ3) is 4.55. The number of carbonyl (C=O) groups excluding carboxylic acids is 2. The number of carbonyl (C=O) groups is 3. The van der Waals surface area contributed by atoms with Crippen molar-refractivity contribution in [2.45, 2.75) is 38.1 Å². The Labute approximate surface area is 204 Å². The molecule has 2 fully saturated rings. The van der Waals surface area contributed by atoms with Crippen LogP contribution in [-0.2, 0) is 14.3 Å². The fourth-order valence-electron chi connectivity index (χ4n) is 5.91. The lowest BCUT2D eigenvalue weighted by molar-refractivity contribution is -0.141. The predicted molar refractivity (Wildman–Crippen MR) is 131 cm³/mol. The van der Waals surface area contributed by atoms with Gasteiger partial charge in [-0.3, -0.25) is 9.59 Å². The molecule has 0 radical (unpaired) electrons. The quantitative estimate of drug-likeness (QED) is 0.525. The molecule has 0 heterocycles. The topological polar surface area (TPSA) is 105 Å². The molecule has 35 heavy (non-hydrogen) atoms. The molecule has 4 atom stereocenters. The van der Waals surface area contributed by atoms with Gasteiger partial charge < -0.3 is 20.5 Å². The number of rotatable bonds is 7. The Hall–Kier alpha value is -3.61. The van der Waals surface area contributed by atoms with Crippen molar-refractivity contribution in [2.75, 3.05) is 13.2 Å². The summed E-state index contributed by atoms with van der Waals surface area (Å²) in [5.74, 6) is -0.544. The molecule has 7 heteroatoms. The van der Waals surface area contributed by atoms with Gasteiger partial charge in [0.25, 0.3) is 0 Å². The molecule has 2 saturated carbocycles. The second-order valence-corrected chi connectivity index (χ2v) is 9.84. The average molecular weight is 475 g/mol. The van der Waals surface area contributed by atoms with Gasteiger partial charge in [-0.1, -0.05) is 54.6 Å². The zero-order valence-electron chi connectivity index (χ0n) is 19.7. The van der Waals surface area contributed by atoms with Crippen LogP contribution in [-0.4, -0.2) is 42.3 Å². The van der Waals surface area contributed by atoms with Crippen LogP contribution in [0.4, 0.5) is 4.79 Å². The number of hydrogen-bond acceptors (Lipinski definition) is 4. The minimum Gasteiger partial charge on any atom is -0.481 e. The molecule has 0 spiro atoms. The fraction of sp³-hybridized carbons (Fsp3) is 0.393. The van der Waals surface area contributed by atoms with Gasteiger partial charge in [-0.2, -0.15) is 0 Å². The van der Waals surface area contributed by atoms with Crippen LogP contribution in [0.25, 0.3) is 11.1 Å². The van der Waals surface area contributed by atoms with Gasteiger partial charge in [0.1, 0.15) is 6.61 Å². The molecule has 3 aliphatic carbocycles. The van der Waals surface area contributed by atoms with Crippen LogP contribution in [0.1, 0.15) is 43.2 Å². The fourth-order valence-corrected chi connectivity index (χ4v) is 5.91. The summed E-state index contributed by atoms with van der Waals surface area (Å²) in [6, 6.07) is 16.4. The molecule has 0 bridgehead atoms. The maximum absolute atomic E-state index is 12.5. The van der Waals surface area contributed by atoms with Gasteiger partial charge >= 0.3 is 12.1 Å². The lowest BCUT2D eigenvalue weighted by Gasteiger charge is -2.40. The highest BCUT2D eigenvalue weighted by Crippen LogP contribution is 2.49. The Kier molecular flexibility index (Phi) is 6.32. The minimum atomic E-state index is -0.736. The molecule has 0 saturated heterocycles. The van der Waals surface area contributed by atoms with Gasteiger partial charge in [-0.25, -0.2) is 4.79 Å². The number of amides is 2. The van der Waals surface area contributed by atoms with E-state index < -0.39 is 12.1 Å². The number of nitrogens with one attached hydrogen (secondary N) is 2. The number of carboxylic acids is 1. The maximum atomic E-state index is 12.5. The second kappa shape index (κ2) is 9.56. The minimum absolute atomic E-state index is 0.00109. The van der Waals surface area contributed by atoms with Crippen LogP contribution in [0, 0.1) is 17.8 Å². The summed E-state index contributed by atoms with van der Waals surface area (Å²) in [5.41, 5.74) is 5.18. The normalized spacial score (nSPS) is 24.5. The molecule has 1 unspecified atom stereocenters. The molecule has 0 aromatic heterocycles. The SMILES string of the molecule is C/C(=C\CNC(=O)OCC1c2ccccc2-c2ccccc21)C(=O)N[C@@H]1C[C@@H]2CC(C(=O)O)C[C@@H]21. The molecular formula is C28H30N2O5. The van der Waals surface area contributed by atoms with Gasteiger partial charge in [0.05, 0.1) is 5.92 Å². The van der Waals surface area contributed by atoms with E-state index in [-0.39, 0.29) is 42.9 Å². The lowest BCUT2D eigenvalue weighted by atomic mass is 9.71. The van der Waals surface area contributed by atoms with E-state index in [0.29, 0.717) is 24.3 Å². The van der Waals surface area contributed by atoms with Crippen molar-refractivity contribution in [3.63, 3.8) is 0 Å². The first-order valence-electron chi connectivity index (χ1n) is 12.2. The largest absolute Gasteiger partial charge is 0.481 e. The number of hydrogen-bond donors (Lipinski definition) is 3. The Morgan fingerprint density at radius 3 is 2.31 bits per heavy atom. The van der Waals surface area contributed by atoms with E-state index in [4.69, 9.17) is 4.74 Å². The first kappa shape index (κ1) is 23.1. The van der Waals surface area contributed by atoms with Crippen LogP contribution < -0.4 is 10.6 Å². The first-order chi connectivity index (χ1) is 16.9. The Morgan fingerprint density at radius 1 is 1.00 bits per heavy atom. The molecule has 3 aliphatic rings. The Balaban J connectivity index is 1.08. The number of ether oxygens (including phenoxy) is 1. The highest BCUT2D eigenvalue weighted by Gasteiger charge is 2.49. The number of benzene rings is 2. The first-order valence-corrected chi connectivity index (χ1v) is 12.2. The summed E-state index contributed by atoms with van der Waals surface area (Å²) in [6.07, 6.45) is 3.33. The van der Waals surface area contributed by atoms with Gasteiger partial charge in [0.2, 0.25) is 5.91 Å². The lowest BCUT2D eigenvalue weighted by Crippen LogP contribution is -2.50. The zero-order chi connectivity index (χ0) is 24.5. The van der Waals surface area contributed by atoms with E-state index in [1.165, 1.54) is 11.1 Å². The standard InChI is InChI=1S/C28H30N2O5/c1-16(26(31)30-25-14-17-12-18(27(32)33)13-23(17)25)10-11-29-28(34)35-15-24-21-8-4-2-6-19(21)20-7-3-5-9-22(20)24/h2-10,17-18,23-25H,11-15H2,1H3,(H,29,34)(H,30,31)(H,32,33)/b16-10+/t17-,18?,23-,25+/m0/s1. The second-order valence-electron chi connectivity index (χ2n) is 9.84. The Morgan fingerprint density at radius 2 is 1.66 bits per heavy atom. The van der Waals surface area contributed by atoms with Crippen molar-refractivity contribution in [1.29, 1.82) is 0 Å². The molecule has 7 nitrogen and oxygen atoms in total. The van der Waals surface area contributed by atoms with Crippen molar-refractivity contribution in [1.82, 2.24) is 10.6 Å². The van der Waals surface area contributed by atoms with E-state index in [1.54, 1.807) is 13.0 Å². The molecule has 2 aromatic rings. The molecule has 2 amide bonds. The number of fused-ring (bicyclic) bond motifs is 4. The van der Waals surface area contributed by atoms with Gasteiger partial charge in [0.15, 0.2) is 0 Å². The smallest absolute Gasteiger partial charge is 0.407 e. The number of carboxylic acid groups (broad SMARTS) is 1.